The zero-order chi connectivity index (χ0) is 34.5. The van der Waals surface area contributed by atoms with Crippen molar-refractivity contribution in [1.82, 2.24) is 14.8 Å². The first-order chi connectivity index (χ1) is 22.8. The summed E-state index contributed by atoms with van der Waals surface area (Å²) in [6, 6.07) is 16.1. The molecule has 13 nitrogen and oxygen atoms in total. The molecule has 0 spiro atoms. The SMILES string of the molecule is COC(=O)c1nc(Cl)ccc1N(C(C)c1cc(C)cc2c(=O)cc(-c3ccc4nn(C)cc4c3)oc12)S(=O)(=O)c1ccccc1[N+](=O)[O-]. The molecule has 0 amide bonds. The Morgan fingerprint density at radius 3 is 2.58 bits per heavy atom. The standard InChI is InChI=1S/C33H26ClN5O8S/c1-18-13-22(32-23(14-18)27(40)16-28(47-32)20-9-10-24-21(15-20)17-37(3)36-24)19(2)38(26-11-12-30(34)35-31(26)33(41)46-4)48(44,45)29-8-6-5-7-25(29)39(42)43/h5-17,19H,1-4H3. The Morgan fingerprint density at radius 2 is 1.85 bits per heavy atom. The molecule has 3 heterocycles. The van der Waals surface area contributed by atoms with Crippen molar-refractivity contribution in [1.29, 1.82) is 0 Å². The molecule has 1 unspecified atom stereocenters. The van der Waals surface area contributed by atoms with E-state index in [0.29, 0.717) is 11.1 Å². The number of aromatic nitrogens is 3. The quantitative estimate of drug-likeness (QED) is 0.0760. The number of para-hydroxylation sites is 1. The lowest BCUT2D eigenvalue weighted by Gasteiger charge is -2.32. The van der Waals surface area contributed by atoms with Gasteiger partial charge in [0.1, 0.15) is 16.5 Å². The number of hydrogen-bond acceptors (Lipinski definition) is 10. The highest BCUT2D eigenvalue weighted by Crippen LogP contribution is 2.40. The van der Waals surface area contributed by atoms with Crippen LogP contribution in [-0.4, -0.2) is 41.2 Å². The highest BCUT2D eigenvalue weighted by atomic mass is 35.5. The second kappa shape index (κ2) is 12.2. The minimum absolute atomic E-state index is 0.0752. The molecule has 0 aliphatic rings. The third-order valence-corrected chi connectivity index (χ3v) is 9.90. The lowest BCUT2D eigenvalue weighted by Crippen LogP contribution is -2.36. The topological polar surface area (TPSA) is 168 Å². The molecule has 0 aliphatic carbocycles. The minimum Gasteiger partial charge on any atom is -0.464 e. The van der Waals surface area contributed by atoms with Crippen molar-refractivity contribution < 1.29 is 27.3 Å². The predicted molar refractivity (Wildman–Crippen MR) is 179 cm³/mol. The summed E-state index contributed by atoms with van der Waals surface area (Å²) in [6.45, 7) is 3.23. The third-order valence-electron chi connectivity index (χ3n) is 7.76. The van der Waals surface area contributed by atoms with Gasteiger partial charge in [-0.2, -0.15) is 5.10 Å². The summed E-state index contributed by atoms with van der Waals surface area (Å²) in [5.74, 6) is -0.789. The maximum absolute atomic E-state index is 14.6. The highest BCUT2D eigenvalue weighted by Gasteiger charge is 2.39. The molecule has 0 radical (unpaired) electrons. The number of nitro groups is 1. The fourth-order valence-electron chi connectivity index (χ4n) is 5.65. The summed E-state index contributed by atoms with van der Waals surface area (Å²) in [5.41, 5.74) is 0.430. The molecular weight excluding hydrogens is 662 g/mol. The minimum atomic E-state index is -4.86. The molecule has 3 aromatic carbocycles. The Labute approximate surface area is 278 Å². The number of hydrogen-bond donors (Lipinski definition) is 0. The van der Waals surface area contributed by atoms with Crippen molar-refractivity contribution in [3.8, 4) is 11.3 Å². The van der Waals surface area contributed by atoms with E-state index in [1.54, 1.807) is 42.9 Å². The Balaban J connectivity index is 1.64. The van der Waals surface area contributed by atoms with Crippen LogP contribution in [0, 0.1) is 17.0 Å². The van der Waals surface area contributed by atoms with Crippen LogP contribution in [-0.2, 0) is 21.8 Å². The summed E-state index contributed by atoms with van der Waals surface area (Å²) in [6.07, 6.45) is 1.82. The Kier molecular flexibility index (Phi) is 8.23. The first-order valence-corrected chi connectivity index (χ1v) is 16.2. The number of halogens is 1. The molecule has 0 saturated carbocycles. The van der Waals surface area contributed by atoms with Gasteiger partial charge in [-0.1, -0.05) is 29.8 Å². The van der Waals surface area contributed by atoms with Gasteiger partial charge in [-0.3, -0.25) is 23.9 Å². The van der Waals surface area contributed by atoms with Crippen LogP contribution in [0.25, 0.3) is 33.2 Å². The van der Waals surface area contributed by atoms with Crippen LogP contribution < -0.4 is 9.73 Å². The van der Waals surface area contributed by atoms with Crippen molar-refractivity contribution in [2.24, 2.45) is 7.05 Å². The van der Waals surface area contributed by atoms with Gasteiger partial charge in [-0.15, -0.1) is 0 Å². The van der Waals surface area contributed by atoms with Crippen LogP contribution in [0.2, 0.25) is 5.15 Å². The predicted octanol–water partition coefficient (Wildman–Crippen LogP) is 6.35. The number of pyridine rings is 1. The van der Waals surface area contributed by atoms with Crippen molar-refractivity contribution in [2.45, 2.75) is 24.8 Å². The van der Waals surface area contributed by atoms with Crippen molar-refractivity contribution in [3.63, 3.8) is 0 Å². The fraction of sp³-hybridized carbons (Fsp3) is 0.152. The molecule has 6 rings (SSSR count). The number of anilines is 1. The molecule has 0 fully saturated rings. The van der Waals surface area contributed by atoms with Gasteiger partial charge in [0.15, 0.2) is 16.0 Å². The summed E-state index contributed by atoms with van der Waals surface area (Å²) in [5, 5.41) is 17.2. The van der Waals surface area contributed by atoms with E-state index in [-0.39, 0.29) is 38.6 Å². The van der Waals surface area contributed by atoms with Crippen LogP contribution in [0.3, 0.4) is 0 Å². The lowest BCUT2D eigenvalue weighted by atomic mass is 10.00. The molecule has 15 heteroatoms. The number of fused-ring (bicyclic) bond motifs is 2. The van der Waals surface area contributed by atoms with Gasteiger partial charge in [-0.25, -0.2) is 18.2 Å². The molecule has 3 aromatic heterocycles. The first kappa shape index (κ1) is 32.3. The normalized spacial score (nSPS) is 12.3. The van der Waals surface area contributed by atoms with E-state index < -0.39 is 43.2 Å². The summed E-state index contributed by atoms with van der Waals surface area (Å²) in [4.78, 5) is 41.2. The zero-order valence-electron chi connectivity index (χ0n) is 25.9. The van der Waals surface area contributed by atoms with E-state index in [9.17, 15) is 28.1 Å². The summed E-state index contributed by atoms with van der Waals surface area (Å²) in [7, 11) is -1.98. The van der Waals surface area contributed by atoms with Crippen molar-refractivity contribution >= 4 is 60.8 Å². The van der Waals surface area contributed by atoms with Crippen LogP contribution in [0.5, 0.6) is 0 Å². The Morgan fingerprint density at radius 1 is 1.10 bits per heavy atom. The maximum atomic E-state index is 14.6. The number of rotatable bonds is 8. The number of esters is 1. The number of ether oxygens (including phenoxy) is 1. The second-order valence-corrected chi connectivity index (χ2v) is 13.1. The Hall–Kier alpha value is -5.60. The van der Waals surface area contributed by atoms with Gasteiger partial charge in [0.05, 0.1) is 34.7 Å². The molecule has 0 aliphatic heterocycles. The van der Waals surface area contributed by atoms with Crippen LogP contribution in [0.1, 0.15) is 34.6 Å². The van der Waals surface area contributed by atoms with Crippen LogP contribution in [0.15, 0.2) is 93.1 Å². The number of sulfonamides is 1. The molecule has 0 N–H and O–H groups in total. The van der Waals surface area contributed by atoms with Gasteiger partial charge >= 0.3 is 5.97 Å². The van der Waals surface area contributed by atoms with Crippen molar-refractivity contribution in [2.75, 3.05) is 11.4 Å². The summed E-state index contributed by atoms with van der Waals surface area (Å²) >= 11 is 6.12. The Bertz CT molecular complexity index is 2460. The van der Waals surface area contributed by atoms with Gasteiger partial charge < -0.3 is 9.15 Å². The van der Waals surface area contributed by atoms with Crippen LogP contribution in [0.4, 0.5) is 11.4 Å². The number of nitrogens with zero attached hydrogens (tertiary/aromatic N) is 5. The summed E-state index contributed by atoms with van der Waals surface area (Å²) < 4.78 is 43.0. The smallest absolute Gasteiger partial charge is 0.358 e. The fourth-order valence-corrected chi connectivity index (χ4v) is 7.60. The molecule has 1 atom stereocenters. The monoisotopic (exact) mass is 687 g/mol. The number of carbonyl (C=O) groups excluding carboxylic acids is 1. The van der Waals surface area contributed by atoms with E-state index in [0.717, 1.165) is 34.5 Å². The average molecular weight is 688 g/mol. The average Bonchev–Trinajstić information content (AvgIpc) is 3.44. The second-order valence-electron chi connectivity index (χ2n) is 11.0. The van der Waals surface area contributed by atoms with E-state index >= 15 is 0 Å². The van der Waals surface area contributed by atoms with Gasteiger partial charge in [-0.05, 0) is 61.9 Å². The number of methoxy groups -OCH3 is 1. The molecule has 0 saturated heterocycles. The zero-order valence-corrected chi connectivity index (χ0v) is 27.4. The van der Waals surface area contributed by atoms with Crippen LogP contribution >= 0.6 is 11.6 Å². The first-order valence-electron chi connectivity index (χ1n) is 14.3. The van der Waals surface area contributed by atoms with Gasteiger partial charge in [0, 0.05) is 41.9 Å². The number of nitro benzene ring substituents is 1. The third kappa shape index (κ3) is 5.65. The van der Waals surface area contributed by atoms with E-state index in [1.807, 2.05) is 12.3 Å². The largest absolute Gasteiger partial charge is 0.464 e. The number of benzene rings is 3. The molecule has 0 bridgehead atoms. The maximum Gasteiger partial charge on any atom is 0.358 e. The van der Waals surface area contributed by atoms with Gasteiger partial charge in [0.25, 0.3) is 15.7 Å². The van der Waals surface area contributed by atoms with Crippen molar-refractivity contribution in [3.05, 3.63) is 121 Å². The molecule has 6 aromatic rings. The van der Waals surface area contributed by atoms with E-state index in [4.69, 9.17) is 20.8 Å². The number of carbonyl (C=O) groups is 1. The van der Waals surface area contributed by atoms with Gasteiger partial charge in [0.2, 0.25) is 0 Å². The molecule has 48 heavy (non-hydrogen) atoms. The highest BCUT2D eigenvalue weighted by molar-refractivity contribution is 7.93. The lowest BCUT2D eigenvalue weighted by molar-refractivity contribution is -0.387. The van der Waals surface area contributed by atoms with E-state index in [1.165, 1.54) is 37.3 Å². The molecular formula is C33H26ClN5O8S. The number of aryl methyl sites for hydroxylation is 2. The van der Waals surface area contributed by atoms with E-state index in [2.05, 4.69) is 10.1 Å². The molecule has 244 valence electrons.